The second kappa shape index (κ2) is 6.58. The van der Waals surface area contributed by atoms with Crippen LogP contribution in [-0.2, 0) is 13.1 Å². The van der Waals surface area contributed by atoms with Crippen LogP contribution in [-0.4, -0.2) is 39.2 Å². The van der Waals surface area contributed by atoms with Gasteiger partial charge in [0.2, 0.25) is 0 Å². The third-order valence-electron chi connectivity index (χ3n) is 5.25. The highest BCUT2D eigenvalue weighted by Crippen LogP contribution is 2.43. The number of hydrogen-bond acceptors (Lipinski definition) is 6. The molecular formula is C19H19ClN6OS. The molecule has 3 aromatic rings. The molecule has 2 aromatic heterocycles. The third kappa shape index (κ3) is 2.80. The number of halogens is 1. The Morgan fingerprint density at radius 1 is 1.25 bits per heavy atom. The van der Waals surface area contributed by atoms with Gasteiger partial charge in [-0.2, -0.15) is 0 Å². The first-order valence-electron chi connectivity index (χ1n) is 9.12. The molecule has 9 heteroatoms. The largest absolute Gasteiger partial charge is 0.329 e. The molecule has 1 aromatic carbocycles. The molecule has 4 heterocycles. The zero-order valence-electron chi connectivity index (χ0n) is 15.5. The van der Waals surface area contributed by atoms with E-state index in [2.05, 4.69) is 38.2 Å². The number of nitrogens with zero attached hydrogens (tertiary/aromatic N) is 5. The fourth-order valence-corrected chi connectivity index (χ4v) is 5.09. The molecule has 1 N–H and O–H groups in total. The van der Waals surface area contributed by atoms with Gasteiger partial charge in [-0.3, -0.25) is 4.79 Å². The summed E-state index contributed by atoms with van der Waals surface area (Å²) < 4.78 is 2.13. The Kier molecular flexibility index (Phi) is 4.15. The van der Waals surface area contributed by atoms with Crippen molar-refractivity contribution >= 4 is 33.8 Å². The molecule has 7 nitrogen and oxygen atoms in total. The van der Waals surface area contributed by atoms with Crippen LogP contribution >= 0.6 is 22.9 Å². The van der Waals surface area contributed by atoms with E-state index >= 15 is 0 Å². The van der Waals surface area contributed by atoms with E-state index in [9.17, 15) is 4.79 Å². The van der Waals surface area contributed by atoms with Crippen molar-refractivity contribution in [3.8, 4) is 10.7 Å². The van der Waals surface area contributed by atoms with Crippen molar-refractivity contribution in [3.63, 3.8) is 0 Å². The highest BCUT2D eigenvalue weighted by atomic mass is 35.5. The number of hydrazine groups is 1. The first-order chi connectivity index (χ1) is 13.5. The van der Waals surface area contributed by atoms with Crippen LogP contribution in [0.25, 0.3) is 10.7 Å². The van der Waals surface area contributed by atoms with Gasteiger partial charge < -0.3 is 14.5 Å². The Bertz CT molecular complexity index is 1030. The molecule has 28 heavy (non-hydrogen) atoms. The highest BCUT2D eigenvalue weighted by molar-refractivity contribution is 7.19. The Morgan fingerprint density at radius 2 is 2.04 bits per heavy atom. The van der Waals surface area contributed by atoms with Crippen molar-refractivity contribution in [2.45, 2.75) is 26.1 Å². The minimum absolute atomic E-state index is 0.0101. The van der Waals surface area contributed by atoms with Crippen LogP contribution in [0.1, 0.15) is 34.7 Å². The standard InChI is InChI=1S/C19H19ClN6OS/c1-11-14-9-15(28-19(14)24(2)23-11)17-22-21-16-10-25(7-8-26(16)17)18(27)12-3-5-13(20)6-4-12/h3-6,9,11,23H,7-8,10H2,1-2H3. The van der Waals surface area contributed by atoms with Crippen LogP contribution < -0.4 is 10.4 Å². The van der Waals surface area contributed by atoms with Gasteiger partial charge in [0.15, 0.2) is 11.6 Å². The maximum absolute atomic E-state index is 12.8. The summed E-state index contributed by atoms with van der Waals surface area (Å²) in [5.41, 5.74) is 5.31. The van der Waals surface area contributed by atoms with Crippen molar-refractivity contribution in [2.24, 2.45) is 0 Å². The van der Waals surface area contributed by atoms with Gasteiger partial charge in [-0.05, 0) is 37.3 Å². The lowest BCUT2D eigenvalue weighted by Crippen LogP contribution is -2.38. The summed E-state index contributed by atoms with van der Waals surface area (Å²) in [5, 5.41) is 12.7. The van der Waals surface area contributed by atoms with Crippen LogP contribution in [0, 0.1) is 0 Å². The van der Waals surface area contributed by atoms with Crippen molar-refractivity contribution in [1.82, 2.24) is 25.1 Å². The number of rotatable bonds is 2. The van der Waals surface area contributed by atoms with Crippen LogP contribution in [0.2, 0.25) is 5.02 Å². The van der Waals surface area contributed by atoms with Gasteiger partial charge in [-0.15, -0.1) is 21.5 Å². The quantitative estimate of drug-likeness (QED) is 0.696. The molecule has 2 aliphatic heterocycles. The van der Waals surface area contributed by atoms with E-state index in [4.69, 9.17) is 11.6 Å². The van der Waals surface area contributed by atoms with Crippen molar-refractivity contribution < 1.29 is 4.79 Å². The molecule has 0 aliphatic carbocycles. The first-order valence-corrected chi connectivity index (χ1v) is 10.3. The number of hydrogen-bond donors (Lipinski definition) is 1. The number of amides is 1. The lowest BCUT2D eigenvalue weighted by molar-refractivity contribution is 0.0708. The lowest BCUT2D eigenvalue weighted by Gasteiger charge is -2.27. The number of aromatic nitrogens is 3. The number of fused-ring (bicyclic) bond motifs is 2. The fourth-order valence-electron chi connectivity index (χ4n) is 3.79. The SMILES string of the molecule is CC1NN(C)c2sc(-c3nnc4n3CCN(C(=O)c3ccc(Cl)cc3)C4)cc21. The van der Waals surface area contributed by atoms with E-state index < -0.39 is 0 Å². The normalized spacial score (nSPS) is 18.3. The summed E-state index contributed by atoms with van der Waals surface area (Å²) in [5.74, 6) is 1.69. The maximum Gasteiger partial charge on any atom is 0.254 e. The van der Waals surface area contributed by atoms with Gasteiger partial charge >= 0.3 is 0 Å². The van der Waals surface area contributed by atoms with E-state index in [1.54, 1.807) is 35.6 Å². The van der Waals surface area contributed by atoms with E-state index in [1.807, 2.05) is 11.9 Å². The minimum Gasteiger partial charge on any atom is -0.329 e. The molecule has 1 unspecified atom stereocenters. The van der Waals surface area contributed by atoms with Crippen LogP contribution in [0.15, 0.2) is 30.3 Å². The molecule has 0 bridgehead atoms. The van der Waals surface area contributed by atoms with Crippen molar-refractivity contribution in [2.75, 3.05) is 18.6 Å². The van der Waals surface area contributed by atoms with Crippen LogP contribution in [0.5, 0.6) is 0 Å². The predicted octanol–water partition coefficient (Wildman–Crippen LogP) is 3.33. The Labute approximate surface area is 171 Å². The van der Waals surface area contributed by atoms with Gasteiger partial charge in [-0.1, -0.05) is 11.6 Å². The molecule has 0 spiro atoms. The summed E-state index contributed by atoms with van der Waals surface area (Å²) in [6, 6.07) is 9.48. The van der Waals surface area contributed by atoms with Gasteiger partial charge in [0.1, 0.15) is 5.00 Å². The van der Waals surface area contributed by atoms with Gasteiger partial charge in [0.05, 0.1) is 17.5 Å². The van der Waals surface area contributed by atoms with Crippen molar-refractivity contribution in [3.05, 3.63) is 52.3 Å². The number of anilines is 1. The Balaban J connectivity index is 1.40. The predicted molar refractivity (Wildman–Crippen MR) is 109 cm³/mol. The molecule has 5 rings (SSSR count). The Hall–Kier alpha value is -2.42. The molecule has 0 saturated heterocycles. The molecule has 1 atom stereocenters. The number of carbonyl (C=O) groups is 1. The number of carbonyl (C=O) groups excluding carboxylic acids is 1. The second-order valence-electron chi connectivity index (χ2n) is 7.11. The minimum atomic E-state index is -0.0101. The summed E-state index contributed by atoms with van der Waals surface area (Å²) in [6.45, 7) is 3.92. The smallest absolute Gasteiger partial charge is 0.254 e. The van der Waals surface area contributed by atoms with E-state index in [-0.39, 0.29) is 5.91 Å². The second-order valence-corrected chi connectivity index (χ2v) is 8.57. The molecule has 1 amide bonds. The van der Waals surface area contributed by atoms with Crippen molar-refractivity contribution in [1.29, 1.82) is 0 Å². The maximum atomic E-state index is 12.8. The average Bonchev–Trinajstić information content (AvgIpc) is 3.37. The summed E-state index contributed by atoms with van der Waals surface area (Å²) in [6.07, 6.45) is 0. The van der Waals surface area contributed by atoms with Gasteiger partial charge in [0.25, 0.3) is 5.91 Å². The number of thiophene rings is 1. The Morgan fingerprint density at radius 3 is 2.79 bits per heavy atom. The number of nitrogens with one attached hydrogen (secondary N) is 1. The van der Waals surface area contributed by atoms with Gasteiger partial charge in [0, 0.05) is 36.3 Å². The van der Waals surface area contributed by atoms with Crippen LogP contribution in [0.4, 0.5) is 5.00 Å². The zero-order chi connectivity index (χ0) is 19.4. The summed E-state index contributed by atoms with van der Waals surface area (Å²) in [4.78, 5) is 15.7. The topological polar surface area (TPSA) is 66.3 Å². The van der Waals surface area contributed by atoms with Gasteiger partial charge in [-0.25, -0.2) is 5.43 Å². The lowest BCUT2D eigenvalue weighted by atomic mass is 10.2. The molecule has 0 saturated carbocycles. The molecular weight excluding hydrogens is 396 g/mol. The van der Waals surface area contributed by atoms with E-state index in [0.717, 1.165) is 16.5 Å². The zero-order valence-corrected chi connectivity index (χ0v) is 17.1. The highest BCUT2D eigenvalue weighted by Gasteiger charge is 2.30. The van der Waals surface area contributed by atoms with E-state index in [0.29, 0.717) is 36.3 Å². The third-order valence-corrected chi connectivity index (χ3v) is 6.73. The molecule has 2 aliphatic rings. The first kappa shape index (κ1) is 17.7. The fraction of sp³-hybridized carbons (Fsp3) is 0.316. The van der Waals surface area contributed by atoms with E-state index in [1.165, 1.54) is 10.6 Å². The summed E-state index contributed by atoms with van der Waals surface area (Å²) >= 11 is 7.64. The molecule has 0 radical (unpaired) electrons. The number of benzene rings is 1. The van der Waals surface area contributed by atoms with Crippen LogP contribution in [0.3, 0.4) is 0 Å². The monoisotopic (exact) mass is 414 g/mol. The molecule has 144 valence electrons. The average molecular weight is 415 g/mol. The summed E-state index contributed by atoms with van der Waals surface area (Å²) in [7, 11) is 2.03. The molecule has 0 fully saturated rings.